The zero-order chi connectivity index (χ0) is 19.7. The number of alkyl halides is 3. The van der Waals surface area contributed by atoms with E-state index < -0.39 is 25.7 Å². The van der Waals surface area contributed by atoms with Gasteiger partial charge < -0.3 is 0 Å². The van der Waals surface area contributed by atoms with Gasteiger partial charge in [0.15, 0.2) is 0 Å². The summed E-state index contributed by atoms with van der Waals surface area (Å²) in [6.07, 6.45) is -0.184. The largest absolute Gasteiger partial charge is 0.501 e. The summed E-state index contributed by atoms with van der Waals surface area (Å²) in [4.78, 5) is 0.0366. The van der Waals surface area contributed by atoms with Crippen molar-refractivity contribution in [1.29, 1.82) is 0 Å². The number of halogens is 3. The van der Waals surface area contributed by atoms with Crippen LogP contribution in [0.25, 0.3) is 16.7 Å². The van der Waals surface area contributed by atoms with Gasteiger partial charge in [-0.2, -0.15) is 13.2 Å². The van der Waals surface area contributed by atoms with E-state index in [1.807, 2.05) is 48.5 Å². The Balaban J connectivity index is 1.88. The molecule has 2 nitrogen and oxygen atoms in total. The Bertz CT molecular complexity index is 1190. The zero-order valence-corrected chi connectivity index (χ0v) is 16.0. The normalized spacial score (nSPS) is 17.4. The van der Waals surface area contributed by atoms with Crippen LogP contribution in [0.15, 0.2) is 70.9 Å². The molecule has 0 radical (unpaired) electrons. The first kappa shape index (κ1) is 17.7. The van der Waals surface area contributed by atoms with Crippen molar-refractivity contribution in [3.8, 4) is 11.1 Å². The molecule has 0 saturated heterocycles. The predicted molar refractivity (Wildman–Crippen MR) is 103 cm³/mol. The highest BCUT2D eigenvalue weighted by molar-refractivity contribution is 7.96. The van der Waals surface area contributed by atoms with Gasteiger partial charge in [0.05, 0.1) is 10.3 Å². The molecule has 0 aliphatic heterocycles. The number of hydrogen-bond donors (Lipinski definition) is 0. The molecule has 0 fully saturated rings. The molecule has 0 amide bonds. The van der Waals surface area contributed by atoms with E-state index in [9.17, 15) is 21.6 Å². The fraction of sp³-hybridized carbons (Fsp3) is 0.143. The second-order valence-corrected chi connectivity index (χ2v) is 9.81. The number of fused-ring (bicyclic) bond motifs is 5. The van der Waals surface area contributed by atoms with Crippen LogP contribution in [0, 0.1) is 0 Å². The van der Waals surface area contributed by atoms with Crippen LogP contribution in [0.4, 0.5) is 13.2 Å². The molecule has 5 rings (SSSR count). The maximum atomic E-state index is 13.4. The van der Waals surface area contributed by atoms with E-state index in [2.05, 4.69) is 0 Å². The lowest BCUT2D eigenvalue weighted by atomic mass is 9.62. The van der Waals surface area contributed by atoms with Gasteiger partial charge >= 0.3 is 5.51 Å². The van der Waals surface area contributed by atoms with Gasteiger partial charge in [0.2, 0.25) is 0 Å². The van der Waals surface area contributed by atoms with E-state index in [1.165, 1.54) is 11.3 Å². The summed E-state index contributed by atoms with van der Waals surface area (Å²) in [5, 5.41) is 1.75. The van der Waals surface area contributed by atoms with Crippen molar-refractivity contribution >= 4 is 26.7 Å². The fourth-order valence-electron chi connectivity index (χ4n) is 4.47. The highest BCUT2D eigenvalue weighted by Crippen LogP contribution is 2.66. The second-order valence-electron chi connectivity index (χ2n) is 6.90. The first-order valence-corrected chi connectivity index (χ1v) is 10.9. The van der Waals surface area contributed by atoms with E-state index in [-0.39, 0.29) is 12.0 Å². The van der Waals surface area contributed by atoms with E-state index in [4.69, 9.17) is 0 Å². The predicted octanol–water partition coefficient (Wildman–Crippen LogP) is 5.76. The van der Waals surface area contributed by atoms with E-state index in [0.29, 0.717) is 4.88 Å². The maximum absolute atomic E-state index is 13.4. The number of sulfone groups is 1. The Morgan fingerprint density at radius 2 is 1.43 bits per heavy atom. The van der Waals surface area contributed by atoms with Gasteiger partial charge in [0.1, 0.15) is 0 Å². The van der Waals surface area contributed by atoms with Gasteiger partial charge in [-0.05, 0) is 39.3 Å². The standard InChI is InChI=1S/C21H13F3O2S2/c22-21(23,24)28(25,26)18-12-20(19(18)17-10-5-11-27-17)15-8-3-1-6-13(15)14-7-2-4-9-16(14)20/h1-11H,12H2. The van der Waals surface area contributed by atoms with Crippen molar-refractivity contribution in [3.05, 3.63) is 87.0 Å². The Kier molecular flexibility index (Phi) is 3.53. The van der Waals surface area contributed by atoms with Crippen LogP contribution in [-0.4, -0.2) is 13.9 Å². The quantitative estimate of drug-likeness (QED) is 0.530. The van der Waals surface area contributed by atoms with Crippen LogP contribution in [0.2, 0.25) is 0 Å². The molecule has 1 spiro atoms. The van der Waals surface area contributed by atoms with Crippen LogP contribution < -0.4 is 0 Å². The molecular weight excluding hydrogens is 405 g/mol. The molecule has 2 aromatic carbocycles. The average Bonchev–Trinajstić information content (AvgIpc) is 3.24. The van der Waals surface area contributed by atoms with Crippen LogP contribution in [0.1, 0.15) is 22.4 Å². The van der Waals surface area contributed by atoms with Gasteiger partial charge in [-0.3, -0.25) is 0 Å². The second kappa shape index (κ2) is 5.58. The minimum atomic E-state index is -5.40. The average molecular weight is 418 g/mol. The van der Waals surface area contributed by atoms with Crippen LogP contribution in [0.5, 0.6) is 0 Å². The Labute approximate surface area is 163 Å². The van der Waals surface area contributed by atoms with Gasteiger partial charge in [0.25, 0.3) is 9.84 Å². The van der Waals surface area contributed by atoms with Gasteiger partial charge in [-0.25, -0.2) is 8.42 Å². The molecule has 0 atom stereocenters. The van der Waals surface area contributed by atoms with Crippen LogP contribution in [-0.2, 0) is 15.3 Å². The van der Waals surface area contributed by atoms with Gasteiger partial charge in [-0.1, -0.05) is 54.6 Å². The van der Waals surface area contributed by atoms with E-state index >= 15 is 0 Å². The smallest absolute Gasteiger partial charge is 0.215 e. The van der Waals surface area contributed by atoms with Crippen molar-refractivity contribution in [2.24, 2.45) is 0 Å². The third kappa shape index (κ3) is 2.06. The summed E-state index contributed by atoms with van der Waals surface area (Å²) >= 11 is 1.26. The molecule has 0 bridgehead atoms. The molecule has 0 saturated carbocycles. The number of allylic oxidation sites excluding steroid dienone is 2. The third-order valence-electron chi connectivity index (χ3n) is 5.59. The summed E-state index contributed by atoms with van der Waals surface area (Å²) < 4.78 is 64.8. The number of benzene rings is 2. The number of hydrogen-bond acceptors (Lipinski definition) is 3. The molecule has 2 aliphatic carbocycles. The topological polar surface area (TPSA) is 34.1 Å². The molecule has 0 unspecified atom stereocenters. The first-order valence-electron chi connectivity index (χ1n) is 8.57. The molecule has 142 valence electrons. The number of rotatable bonds is 2. The lowest BCUT2D eigenvalue weighted by molar-refractivity contribution is -0.0428. The maximum Gasteiger partial charge on any atom is 0.501 e. The van der Waals surface area contributed by atoms with Crippen molar-refractivity contribution in [1.82, 2.24) is 0 Å². The number of thiophene rings is 1. The minimum absolute atomic E-state index is 0.184. The SMILES string of the molecule is O=S(=O)(C1=C(c2cccs2)C2(C1)c1ccccc1-c1ccccc12)C(F)(F)F. The molecular formula is C21H13F3O2S2. The van der Waals surface area contributed by atoms with Crippen LogP contribution >= 0.6 is 11.3 Å². The lowest BCUT2D eigenvalue weighted by Crippen LogP contribution is -2.41. The minimum Gasteiger partial charge on any atom is -0.215 e. The van der Waals surface area contributed by atoms with Crippen molar-refractivity contribution in [2.75, 3.05) is 0 Å². The van der Waals surface area contributed by atoms with Crippen LogP contribution in [0.3, 0.4) is 0 Å². The Morgan fingerprint density at radius 3 is 1.93 bits per heavy atom. The summed E-state index contributed by atoms with van der Waals surface area (Å²) in [7, 11) is -5.40. The highest BCUT2D eigenvalue weighted by atomic mass is 32.2. The first-order chi connectivity index (χ1) is 13.3. The van der Waals surface area contributed by atoms with Crippen molar-refractivity contribution in [2.45, 2.75) is 17.3 Å². The van der Waals surface area contributed by atoms with Crippen molar-refractivity contribution in [3.63, 3.8) is 0 Å². The molecule has 2 aliphatic rings. The summed E-state index contributed by atoms with van der Waals surface area (Å²) in [5.41, 5.74) is -2.32. The molecule has 1 heterocycles. The zero-order valence-electron chi connectivity index (χ0n) is 14.3. The fourth-order valence-corrected chi connectivity index (χ4v) is 6.65. The van der Waals surface area contributed by atoms with Crippen molar-refractivity contribution < 1.29 is 21.6 Å². The summed E-state index contributed by atoms with van der Waals surface area (Å²) in [6, 6.07) is 18.5. The molecule has 3 aromatic rings. The van der Waals surface area contributed by atoms with Gasteiger partial charge in [0, 0.05) is 11.3 Å². The third-order valence-corrected chi connectivity index (χ3v) is 8.09. The van der Waals surface area contributed by atoms with E-state index in [0.717, 1.165) is 22.3 Å². The molecule has 0 N–H and O–H groups in total. The Hall–Kier alpha value is -2.38. The Morgan fingerprint density at radius 1 is 0.857 bits per heavy atom. The molecule has 28 heavy (non-hydrogen) atoms. The molecule has 7 heteroatoms. The monoisotopic (exact) mass is 418 g/mol. The summed E-state index contributed by atoms with van der Waals surface area (Å²) in [5.74, 6) is 0. The lowest BCUT2D eigenvalue weighted by Gasteiger charge is -2.44. The van der Waals surface area contributed by atoms with E-state index in [1.54, 1.807) is 17.5 Å². The van der Waals surface area contributed by atoms with Gasteiger partial charge in [-0.15, -0.1) is 11.3 Å². The molecule has 1 aromatic heterocycles. The summed E-state index contributed by atoms with van der Waals surface area (Å²) in [6.45, 7) is 0. The highest BCUT2D eigenvalue weighted by Gasteiger charge is 2.61.